The number of anilines is 2. The average Bonchev–Trinajstić information content (AvgIpc) is 3.18. The fourth-order valence-electron chi connectivity index (χ4n) is 8.41. The molecular weight excluding hydrogens is 766 g/mol. The van der Waals surface area contributed by atoms with Crippen LogP contribution in [-0.4, -0.2) is 72.9 Å². The second kappa shape index (κ2) is 16.5. The van der Waals surface area contributed by atoms with Crippen molar-refractivity contribution in [2.45, 2.75) is 57.2 Å². The third-order valence-electron chi connectivity index (χ3n) is 11.6. The molecule has 0 radical (unpaired) electrons. The minimum Gasteiger partial charge on any atom is -0.496 e. The van der Waals surface area contributed by atoms with Crippen molar-refractivity contribution < 1.29 is 36.7 Å². The van der Waals surface area contributed by atoms with Crippen LogP contribution < -0.4 is 25.8 Å². The predicted octanol–water partition coefficient (Wildman–Crippen LogP) is 6.98. The minimum absolute atomic E-state index is 0.0338. The van der Waals surface area contributed by atoms with Crippen molar-refractivity contribution in [1.82, 2.24) is 14.8 Å². The first-order valence-corrected chi connectivity index (χ1v) is 19.5. The van der Waals surface area contributed by atoms with Crippen molar-refractivity contribution in [2.75, 3.05) is 50.1 Å². The van der Waals surface area contributed by atoms with Crippen molar-refractivity contribution in [1.29, 1.82) is 0 Å². The lowest BCUT2D eigenvalue weighted by Crippen LogP contribution is -2.47. The highest BCUT2D eigenvalue weighted by molar-refractivity contribution is 6.32. The highest BCUT2D eigenvalue weighted by Crippen LogP contribution is 2.41. The number of ketones is 1. The SMILES string of the molecule is COc1cc(-c2cn(C)c(=O)c3ccc(F)cc23)cc(Cl)c1CC1CCN(CC(=O)C2CCN(c3ccc(NC4CCC(=O)NC4=O)cc3C(F)(F)F)CC2)CC1. The number of imide groups is 1. The summed E-state index contributed by atoms with van der Waals surface area (Å²) in [6.07, 6.45) is 0.561. The number of aromatic nitrogens is 1. The molecule has 2 amide bonds. The number of likely N-dealkylation sites (tertiary alicyclic amines) is 1. The van der Waals surface area contributed by atoms with E-state index in [9.17, 15) is 36.7 Å². The number of rotatable bonds is 10. The number of hydrogen-bond acceptors (Lipinski definition) is 8. The van der Waals surface area contributed by atoms with Gasteiger partial charge in [0, 0.05) is 71.6 Å². The van der Waals surface area contributed by atoms with Crippen LogP contribution in [0.4, 0.5) is 28.9 Å². The summed E-state index contributed by atoms with van der Waals surface area (Å²) in [4.78, 5) is 53.6. The number of pyridine rings is 1. The van der Waals surface area contributed by atoms with Gasteiger partial charge in [0.05, 0.1) is 19.2 Å². The highest BCUT2D eigenvalue weighted by Gasteiger charge is 2.37. The molecule has 7 rings (SSSR count). The summed E-state index contributed by atoms with van der Waals surface area (Å²) in [6.45, 7) is 2.34. The zero-order valence-electron chi connectivity index (χ0n) is 31.7. The van der Waals surface area contributed by atoms with Gasteiger partial charge in [0.15, 0.2) is 0 Å². The summed E-state index contributed by atoms with van der Waals surface area (Å²) in [7, 11) is 3.22. The van der Waals surface area contributed by atoms with Crippen molar-refractivity contribution in [3.05, 3.63) is 87.0 Å². The number of amides is 2. The van der Waals surface area contributed by atoms with Crippen molar-refractivity contribution in [2.24, 2.45) is 18.9 Å². The summed E-state index contributed by atoms with van der Waals surface area (Å²) in [6, 6.07) is 10.9. The summed E-state index contributed by atoms with van der Waals surface area (Å²) in [5.74, 6) is -0.685. The lowest BCUT2D eigenvalue weighted by Gasteiger charge is -2.36. The molecule has 1 unspecified atom stereocenters. The van der Waals surface area contributed by atoms with Gasteiger partial charge in [-0.1, -0.05) is 11.6 Å². The van der Waals surface area contributed by atoms with Gasteiger partial charge in [0.1, 0.15) is 23.4 Å². The van der Waals surface area contributed by atoms with Crippen LogP contribution in [0.5, 0.6) is 5.75 Å². The van der Waals surface area contributed by atoms with Crippen LogP contribution in [0.15, 0.2) is 59.5 Å². The van der Waals surface area contributed by atoms with E-state index in [1.165, 1.54) is 34.9 Å². The Labute approximate surface area is 332 Å². The van der Waals surface area contributed by atoms with Crippen LogP contribution in [0, 0.1) is 17.7 Å². The Hall–Kier alpha value is -4.95. The average molecular weight is 810 g/mol. The number of aryl methyl sites for hydroxylation is 1. The molecule has 0 aliphatic carbocycles. The quantitative estimate of drug-likeness (QED) is 0.130. The Kier molecular flexibility index (Phi) is 11.6. The number of nitrogens with one attached hydrogen (secondary N) is 2. The highest BCUT2D eigenvalue weighted by atomic mass is 35.5. The number of nitrogens with zero attached hydrogens (tertiary/aromatic N) is 3. The molecule has 302 valence electrons. The summed E-state index contributed by atoms with van der Waals surface area (Å²) in [5.41, 5.74) is 1.33. The number of ether oxygens (including phenoxy) is 1. The van der Waals surface area contributed by atoms with Crippen LogP contribution in [0.3, 0.4) is 0 Å². The Morgan fingerprint density at radius 1 is 0.947 bits per heavy atom. The lowest BCUT2D eigenvalue weighted by molar-refractivity contribution is -0.137. The fourth-order valence-corrected chi connectivity index (χ4v) is 8.69. The van der Waals surface area contributed by atoms with Gasteiger partial charge >= 0.3 is 6.18 Å². The first-order chi connectivity index (χ1) is 27.2. The standard InChI is InChI=1S/C42H44ClF4N5O5/c1-50-22-32(30-20-27(44)3-5-29(30)41(50)56)26-18-34(43)31(38(19-26)57-2)17-24-9-13-51(14-10-24)23-37(53)25-11-15-52(16-12-25)36-7-4-28(21-33(36)42(45,46)47)48-35-6-8-39(54)49-40(35)55/h3-5,7,18-22,24-25,35,48H,6,8-17,23H2,1-2H3,(H,49,54,55). The number of Topliss-reactive ketones (excluding diaryl/α,β-unsaturated/α-hetero) is 1. The molecule has 1 atom stereocenters. The molecule has 15 heteroatoms. The molecule has 3 saturated heterocycles. The van der Waals surface area contributed by atoms with Crippen molar-refractivity contribution in [3.63, 3.8) is 0 Å². The van der Waals surface area contributed by atoms with E-state index in [4.69, 9.17) is 16.3 Å². The van der Waals surface area contributed by atoms with E-state index in [0.717, 1.165) is 37.6 Å². The van der Waals surface area contributed by atoms with Crippen molar-refractivity contribution >= 4 is 51.3 Å². The number of alkyl halides is 3. The molecule has 3 aliphatic rings. The van der Waals surface area contributed by atoms with E-state index in [2.05, 4.69) is 15.5 Å². The van der Waals surface area contributed by atoms with Crippen molar-refractivity contribution in [3.8, 4) is 16.9 Å². The van der Waals surface area contributed by atoms with Gasteiger partial charge in [-0.15, -0.1) is 0 Å². The largest absolute Gasteiger partial charge is 0.496 e. The Morgan fingerprint density at radius 3 is 2.37 bits per heavy atom. The molecule has 0 saturated carbocycles. The second-order valence-electron chi connectivity index (χ2n) is 15.3. The molecule has 57 heavy (non-hydrogen) atoms. The first kappa shape index (κ1) is 40.3. The van der Waals surface area contributed by atoms with E-state index in [1.54, 1.807) is 25.3 Å². The molecule has 4 aromatic rings. The number of benzene rings is 3. The van der Waals surface area contributed by atoms with Gasteiger partial charge in [-0.2, -0.15) is 13.2 Å². The number of hydrogen-bond donors (Lipinski definition) is 2. The first-order valence-electron chi connectivity index (χ1n) is 19.2. The zero-order valence-corrected chi connectivity index (χ0v) is 32.4. The predicted molar refractivity (Wildman–Crippen MR) is 210 cm³/mol. The van der Waals surface area contributed by atoms with Gasteiger partial charge in [-0.3, -0.25) is 29.4 Å². The third kappa shape index (κ3) is 8.81. The smallest absolute Gasteiger partial charge is 0.418 e. The minimum atomic E-state index is -4.64. The van der Waals surface area contributed by atoms with Gasteiger partial charge in [-0.25, -0.2) is 4.39 Å². The molecule has 1 aromatic heterocycles. The molecule has 3 aromatic carbocycles. The normalized spacial score (nSPS) is 18.9. The number of carbonyl (C=O) groups excluding carboxylic acids is 3. The fraction of sp³-hybridized carbons (Fsp3) is 0.429. The van der Waals surface area contributed by atoms with Crippen LogP contribution in [0.2, 0.25) is 5.02 Å². The van der Waals surface area contributed by atoms with Gasteiger partial charge in [0.2, 0.25) is 11.8 Å². The molecule has 10 nitrogen and oxygen atoms in total. The Bertz CT molecular complexity index is 2260. The summed E-state index contributed by atoms with van der Waals surface area (Å²) < 4.78 is 64.3. The van der Waals surface area contributed by atoms with E-state index < -0.39 is 35.4 Å². The van der Waals surface area contributed by atoms with Gasteiger partial charge in [-0.05, 0) is 117 Å². The van der Waals surface area contributed by atoms with E-state index in [-0.39, 0.29) is 47.4 Å². The molecule has 2 N–H and O–H groups in total. The molecule has 3 fully saturated rings. The molecular formula is C42H44ClF4N5O5. The summed E-state index contributed by atoms with van der Waals surface area (Å²) in [5, 5.41) is 6.43. The monoisotopic (exact) mass is 809 g/mol. The van der Waals surface area contributed by atoms with Gasteiger partial charge in [0.25, 0.3) is 5.56 Å². The lowest BCUT2D eigenvalue weighted by atomic mass is 9.87. The number of piperidine rings is 3. The summed E-state index contributed by atoms with van der Waals surface area (Å²) >= 11 is 6.89. The topological polar surface area (TPSA) is 113 Å². The molecule has 0 spiro atoms. The van der Waals surface area contributed by atoms with Crippen LogP contribution >= 0.6 is 11.6 Å². The zero-order chi connectivity index (χ0) is 40.6. The maximum absolute atomic E-state index is 14.3. The van der Waals surface area contributed by atoms with Crippen LogP contribution in [0.25, 0.3) is 21.9 Å². The maximum Gasteiger partial charge on any atom is 0.418 e. The number of halogens is 5. The van der Waals surface area contributed by atoms with E-state index in [1.807, 2.05) is 12.1 Å². The number of carbonyl (C=O) groups is 3. The number of fused-ring (bicyclic) bond motifs is 1. The Morgan fingerprint density at radius 2 is 1.68 bits per heavy atom. The number of methoxy groups -OCH3 is 1. The second-order valence-corrected chi connectivity index (χ2v) is 15.7. The maximum atomic E-state index is 14.3. The van der Waals surface area contributed by atoms with E-state index in [0.29, 0.717) is 71.6 Å². The molecule has 4 heterocycles. The van der Waals surface area contributed by atoms with Gasteiger partial charge < -0.3 is 19.5 Å². The Balaban J connectivity index is 0.934. The van der Waals surface area contributed by atoms with Crippen LogP contribution in [0.1, 0.15) is 49.7 Å². The third-order valence-corrected chi connectivity index (χ3v) is 11.9. The van der Waals surface area contributed by atoms with Crippen LogP contribution in [-0.2, 0) is 34.0 Å². The molecule has 0 bridgehead atoms. The van der Waals surface area contributed by atoms with E-state index >= 15 is 0 Å². The molecule has 3 aliphatic heterocycles.